The van der Waals surface area contributed by atoms with Gasteiger partial charge < -0.3 is 14.2 Å². The second-order valence-corrected chi connectivity index (χ2v) is 11.4. The summed E-state index contributed by atoms with van der Waals surface area (Å²) < 4.78 is 19.6. The molecule has 0 N–H and O–H groups in total. The van der Waals surface area contributed by atoms with Crippen LogP contribution in [0.3, 0.4) is 0 Å². The van der Waals surface area contributed by atoms with Gasteiger partial charge in [0.2, 0.25) is 0 Å². The maximum absolute atomic E-state index is 13.9. The molecule has 0 amide bonds. The predicted molar refractivity (Wildman–Crippen MR) is 157 cm³/mol. The third-order valence-corrected chi connectivity index (χ3v) is 8.01. The number of fused-ring (bicyclic) bond motifs is 1. The number of esters is 1. The summed E-state index contributed by atoms with van der Waals surface area (Å²) in [6, 6.07) is 11.1. The molecule has 1 aliphatic heterocycles. The first-order chi connectivity index (χ1) is 18.7. The Morgan fingerprint density at radius 3 is 2.54 bits per heavy atom. The molecule has 39 heavy (non-hydrogen) atoms. The highest BCUT2D eigenvalue weighted by atomic mass is 79.9. The summed E-state index contributed by atoms with van der Waals surface area (Å²) in [7, 11) is 1.59. The number of carbonyl (C=O) groups excluding carboxylic acids is 1. The molecule has 1 aromatic heterocycles. The molecule has 1 atom stereocenters. The Labute approximate surface area is 240 Å². The molecule has 0 radical (unpaired) electrons. The predicted octanol–water partition coefficient (Wildman–Crippen LogP) is 5.48. The summed E-state index contributed by atoms with van der Waals surface area (Å²) >= 11 is 4.86. The number of hydrogen-bond acceptors (Lipinski definition) is 7. The van der Waals surface area contributed by atoms with Gasteiger partial charge in [-0.25, -0.2) is 9.79 Å². The van der Waals surface area contributed by atoms with Crippen LogP contribution < -0.4 is 24.4 Å². The van der Waals surface area contributed by atoms with Gasteiger partial charge in [-0.2, -0.15) is 0 Å². The van der Waals surface area contributed by atoms with Crippen LogP contribution in [0.4, 0.5) is 0 Å². The van der Waals surface area contributed by atoms with E-state index in [9.17, 15) is 9.59 Å². The summed E-state index contributed by atoms with van der Waals surface area (Å²) in [6.07, 6.45) is 2.68. The second-order valence-electron chi connectivity index (χ2n) is 9.51. The number of nitrogens with zero attached hydrogens (tertiary/aromatic N) is 2. The van der Waals surface area contributed by atoms with Crippen LogP contribution in [0.15, 0.2) is 61.9 Å². The first kappa shape index (κ1) is 28.8. The normalized spacial score (nSPS) is 15.3. The lowest BCUT2D eigenvalue weighted by molar-refractivity contribution is -0.139. The van der Waals surface area contributed by atoms with Gasteiger partial charge in [-0.1, -0.05) is 56.4 Å². The quantitative estimate of drug-likeness (QED) is 0.299. The van der Waals surface area contributed by atoms with E-state index in [1.807, 2.05) is 49.4 Å². The zero-order valence-electron chi connectivity index (χ0n) is 23.0. The fourth-order valence-electron chi connectivity index (χ4n) is 4.49. The first-order valence-electron chi connectivity index (χ1n) is 13.0. The lowest BCUT2D eigenvalue weighted by Gasteiger charge is -2.25. The number of aromatic nitrogens is 1. The minimum absolute atomic E-state index is 0.229. The molecular weight excluding hydrogens is 580 g/mol. The molecule has 3 aromatic rings. The van der Waals surface area contributed by atoms with Crippen LogP contribution in [0.25, 0.3) is 6.08 Å². The van der Waals surface area contributed by atoms with Crippen LogP contribution in [-0.2, 0) is 9.53 Å². The fourth-order valence-corrected chi connectivity index (χ4v) is 6.11. The van der Waals surface area contributed by atoms with E-state index in [-0.39, 0.29) is 12.2 Å². The lowest BCUT2D eigenvalue weighted by atomic mass is 9.93. The molecule has 1 aliphatic rings. The van der Waals surface area contributed by atoms with E-state index in [2.05, 4.69) is 34.8 Å². The topological polar surface area (TPSA) is 79.1 Å². The Morgan fingerprint density at radius 1 is 1.21 bits per heavy atom. The van der Waals surface area contributed by atoms with E-state index in [1.54, 1.807) is 25.5 Å². The number of thiazole rings is 1. The Hall–Kier alpha value is -3.17. The molecule has 2 aromatic carbocycles. The molecule has 0 fully saturated rings. The highest BCUT2D eigenvalue weighted by molar-refractivity contribution is 9.10. The van der Waals surface area contributed by atoms with E-state index >= 15 is 0 Å². The van der Waals surface area contributed by atoms with Crippen molar-refractivity contribution in [3.05, 3.63) is 88.5 Å². The molecule has 9 heteroatoms. The van der Waals surface area contributed by atoms with Crippen molar-refractivity contribution in [2.24, 2.45) is 4.99 Å². The summed E-state index contributed by atoms with van der Waals surface area (Å²) in [5.74, 6) is 1.08. The minimum Gasteiger partial charge on any atom is -0.493 e. The zero-order chi connectivity index (χ0) is 28.3. The van der Waals surface area contributed by atoms with Gasteiger partial charge >= 0.3 is 5.97 Å². The van der Waals surface area contributed by atoms with Crippen molar-refractivity contribution in [3.63, 3.8) is 0 Å². The Morgan fingerprint density at radius 2 is 1.92 bits per heavy atom. The van der Waals surface area contributed by atoms with Gasteiger partial charge in [-0.05, 0) is 77.0 Å². The number of methoxy groups -OCH3 is 1. The molecule has 4 rings (SSSR count). The van der Waals surface area contributed by atoms with E-state index in [0.717, 1.165) is 22.0 Å². The van der Waals surface area contributed by atoms with Gasteiger partial charge in [-0.3, -0.25) is 9.36 Å². The zero-order valence-corrected chi connectivity index (χ0v) is 25.4. The standard InChI is InChI=1S/C30H33BrN2O5S/c1-7-13-38-27-22(31)14-19(15-23(27)36-6)16-24-28(34)33-26(21-11-9-20(10-12-21)17(3)4)25(29(35)37-8-2)18(5)32-30(33)39-24/h9-12,14-17,26H,7-8,13H2,1-6H3. The van der Waals surface area contributed by atoms with Crippen molar-refractivity contribution < 1.29 is 19.0 Å². The number of rotatable bonds is 9. The molecule has 206 valence electrons. The van der Waals surface area contributed by atoms with Crippen molar-refractivity contribution in [1.29, 1.82) is 0 Å². The number of benzene rings is 2. The highest BCUT2D eigenvalue weighted by Gasteiger charge is 2.33. The lowest BCUT2D eigenvalue weighted by Crippen LogP contribution is -2.39. The maximum atomic E-state index is 13.9. The van der Waals surface area contributed by atoms with Crippen molar-refractivity contribution in [1.82, 2.24) is 4.57 Å². The summed E-state index contributed by atoms with van der Waals surface area (Å²) in [6.45, 7) is 10.6. The number of hydrogen-bond donors (Lipinski definition) is 0. The number of ether oxygens (including phenoxy) is 3. The van der Waals surface area contributed by atoms with Crippen molar-refractivity contribution in [2.45, 2.75) is 53.0 Å². The van der Waals surface area contributed by atoms with E-state index in [4.69, 9.17) is 14.2 Å². The van der Waals surface area contributed by atoms with Crippen LogP contribution in [0.5, 0.6) is 11.5 Å². The third kappa shape index (κ3) is 5.89. The van der Waals surface area contributed by atoms with E-state index in [1.165, 1.54) is 16.9 Å². The monoisotopic (exact) mass is 612 g/mol. The first-order valence-corrected chi connectivity index (χ1v) is 14.6. The Kier molecular flexibility index (Phi) is 9.12. The Balaban J connectivity index is 1.89. The fraction of sp³-hybridized carbons (Fsp3) is 0.367. The number of carbonyl (C=O) groups is 1. The summed E-state index contributed by atoms with van der Waals surface area (Å²) in [4.78, 5) is 32.2. The number of allylic oxidation sites excluding steroid dienone is 1. The van der Waals surface area contributed by atoms with Gasteiger partial charge in [-0.15, -0.1) is 0 Å². The van der Waals surface area contributed by atoms with Gasteiger partial charge in [0.1, 0.15) is 0 Å². The van der Waals surface area contributed by atoms with Crippen LogP contribution in [-0.4, -0.2) is 30.9 Å². The smallest absolute Gasteiger partial charge is 0.338 e. The molecule has 0 saturated heterocycles. The summed E-state index contributed by atoms with van der Waals surface area (Å²) in [5, 5.41) is 0. The second kappa shape index (κ2) is 12.3. The largest absolute Gasteiger partial charge is 0.493 e. The van der Waals surface area contributed by atoms with E-state index in [0.29, 0.717) is 44.6 Å². The molecule has 0 spiro atoms. The Bertz CT molecular complexity index is 1580. The van der Waals surface area contributed by atoms with Gasteiger partial charge in [0.25, 0.3) is 5.56 Å². The van der Waals surface area contributed by atoms with Crippen LogP contribution in [0.1, 0.15) is 69.7 Å². The van der Waals surface area contributed by atoms with Crippen molar-refractivity contribution >= 4 is 39.3 Å². The molecule has 2 heterocycles. The van der Waals surface area contributed by atoms with Crippen LogP contribution in [0.2, 0.25) is 0 Å². The van der Waals surface area contributed by atoms with Crippen LogP contribution >= 0.6 is 27.3 Å². The number of halogens is 1. The van der Waals surface area contributed by atoms with Crippen molar-refractivity contribution in [2.75, 3.05) is 20.3 Å². The molecular formula is C30H33BrN2O5S. The third-order valence-electron chi connectivity index (χ3n) is 6.44. The maximum Gasteiger partial charge on any atom is 0.338 e. The van der Waals surface area contributed by atoms with Gasteiger partial charge in [0.05, 0.1) is 46.6 Å². The van der Waals surface area contributed by atoms with Crippen LogP contribution in [0, 0.1) is 0 Å². The SMILES string of the molecule is CCCOc1c(Br)cc(C=c2sc3n(c2=O)C(c2ccc(C(C)C)cc2)C(C(=O)OCC)=C(C)N=3)cc1OC. The average molecular weight is 614 g/mol. The molecule has 0 bridgehead atoms. The van der Waals surface area contributed by atoms with Gasteiger partial charge in [0, 0.05) is 0 Å². The van der Waals surface area contributed by atoms with Crippen molar-refractivity contribution in [3.8, 4) is 11.5 Å². The highest BCUT2D eigenvalue weighted by Crippen LogP contribution is 2.37. The summed E-state index contributed by atoms with van der Waals surface area (Å²) in [5.41, 5.74) is 3.46. The molecule has 7 nitrogen and oxygen atoms in total. The minimum atomic E-state index is -0.644. The molecule has 0 aliphatic carbocycles. The van der Waals surface area contributed by atoms with Gasteiger partial charge in [0.15, 0.2) is 16.3 Å². The average Bonchev–Trinajstić information content (AvgIpc) is 3.21. The molecule has 1 unspecified atom stereocenters. The van der Waals surface area contributed by atoms with E-state index < -0.39 is 12.0 Å². The molecule has 0 saturated carbocycles.